The zero-order valence-electron chi connectivity index (χ0n) is 28.9. The summed E-state index contributed by atoms with van der Waals surface area (Å²) in [4.78, 5) is 15.0. The van der Waals surface area contributed by atoms with E-state index in [4.69, 9.17) is 15.1 Å². The molecule has 2 heterocycles. The summed E-state index contributed by atoms with van der Waals surface area (Å²) in [5.41, 5.74) is 15.5. The van der Waals surface area contributed by atoms with Crippen LogP contribution in [0.3, 0.4) is 0 Å². The number of pyridine rings is 1. The summed E-state index contributed by atoms with van der Waals surface area (Å²) >= 11 is 0. The predicted octanol–water partition coefficient (Wildman–Crippen LogP) is 11.9. The van der Waals surface area contributed by atoms with Crippen molar-refractivity contribution in [2.24, 2.45) is 0 Å². The van der Waals surface area contributed by atoms with E-state index in [0.29, 0.717) is 5.70 Å². The van der Waals surface area contributed by atoms with E-state index in [-0.39, 0.29) is 42.1 Å². The second-order valence-corrected chi connectivity index (χ2v) is 15.3. The van der Waals surface area contributed by atoms with E-state index in [0.717, 1.165) is 38.6 Å². The largest absolute Gasteiger partial charge is 0.702 e. The van der Waals surface area contributed by atoms with Gasteiger partial charge in [0.05, 0.1) is 0 Å². The van der Waals surface area contributed by atoms with Crippen molar-refractivity contribution < 1.29 is 29.3 Å². The van der Waals surface area contributed by atoms with Crippen LogP contribution in [0.1, 0.15) is 91.8 Å². The molecule has 2 aromatic heterocycles. The van der Waals surface area contributed by atoms with Crippen LogP contribution in [0.5, 0.6) is 0 Å². The van der Waals surface area contributed by atoms with E-state index in [1.165, 1.54) is 58.7 Å². The zero-order valence-corrected chi connectivity index (χ0v) is 31.3. The Morgan fingerprint density at radius 3 is 2.09 bits per heavy atom. The van der Waals surface area contributed by atoms with E-state index in [1.54, 1.807) is 6.92 Å². The third kappa shape index (κ3) is 6.41. The van der Waals surface area contributed by atoms with E-state index < -0.39 is 0 Å². The molecule has 0 fully saturated rings. The van der Waals surface area contributed by atoms with Gasteiger partial charge >= 0.3 is 0 Å². The molecule has 5 heteroatoms. The van der Waals surface area contributed by atoms with Gasteiger partial charge in [0.15, 0.2) is 5.78 Å². The Hall–Kier alpha value is -3.79. The fourth-order valence-corrected chi connectivity index (χ4v) is 7.05. The number of furan rings is 1. The molecule has 0 unspecified atom stereocenters. The maximum Gasteiger partial charge on any atom is 0.151 e. The van der Waals surface area contributed by atoms with E-state index in [1.807, 2.05) is 6.20 Å². The van der Waals surface area contributed by atoms with Gasteiger partial charge in [-0.25, -0.2) is 0 Å². The average Bonchev–Trinajstić information content (AvgIpc) is 3.35. The molecule has 0 aliphatic heterocycles. The quantitative estimate of drug-likeness (QED) is 0.129. The van der Waals surface area contributed by atoms with Gasteiger partial charge in [0, 0.05) is 48.2 Å². The molecule has 1 radical (unpaired) electrons. The molecular weight excluding hydrogens is 757 g/mol. The van der Waals surface area contributed by atoms with Crippen molar-refractivity contribution in [2.45, 2.75) is 91.4 Å². The van der Waals surface area contributed by atoms with Crippen molar-refractivity contribution in [3.8, 4) is 11.3 Å². The number of nitrogens with one attached hydrogen (secondary N) is 1. The smallest absolute Gasteiger partial charge is 0.151 e. The minimum Gasteiger partial charge on any atom is -0.702 e. The molecule has 6 aromatic rings. The normalized spacial score (nSPS) is 15.6. The number of allylic oxidation sites excluding steroid dienone is 2. The number of carbonyl (C=O) groups is 1. The van der Waals surface area contributed by atoms with E-state index >= 15 is 0 Å². The van der Waals surface area contributed by atoms with Crippen molar-refractivity contribution in [1.29, 1.82) is 0 Å². The van der Waals surface area contributed by atoms with Gasteiger partial charge < -0.3 is 10.2 Å². The number of nitrogens with zero attached hydrogens (tertiary/aromatic N) is 1. The average molecular weight is 801 g/mol. The van der Waals surface area contributed by atoms with Crippen LogP contribution in [0.2, 0.25) is 0 Å². The van der Waals surface area contributed by atoms with Gasteiger partial charge in [-0.3, -0.25) is 9.78 Å². The number of ketones is 1. The predicted molar refractivity (Wildman–Crippen MR) is 194 cm³/mol. The summed E-state index contributed by atoms with van der Waals surface area (Å²) in [5, 5.41) is 6.96. The van der Waals surface area contributed by atoms with Gasteiger partial charge in [0.25, 0.3) is 0 Å². The summed E-state index contributed by atoms with van der Waals surface area (Å²) < 4.78 is 6.69. The van der Waals surface area contributed by atoms with Gasteiger partial charge in [-0.15, -0.1) is 29.1 Å². The number of hydrogen-bond donors (Lipinski definition) is 0. The molecule has 0 saturated carbocycles. The third-order valence-corrected chi connectivity index (χ3v) is 9.61. The number of benzene rings is 4. The molecular formula is C42H44IrN2O2-2. The second-order valence-electron chi connectivity index (χ2n) is 15.3. The summed E-state index contributed by atoms with van der Waals surface area (Å²) in [5.74, 6) is -0.0625. The first-order valence-corrected chi connectivity index (χ1v) is 16.2. The van der Waals surface area contributed by atoms with Crippen LogP contribution in [-0.4, -0.2) is 10.8 Å². The Morgan fingerprint density at radius 2 is 1.47 bits per heavy atom. The molecule has 1 aliphatic rings. The molecule has 4 aromatic carbocycles. The number of hydrogen-bond acceptors (Lipinski definition) is 3. The van der Waals surface area contributed by atoms with Crippen LogP contribution in [-0.2, 0) is 41.1 Å². The van der Waals surface area contributed by atoms with Crippen molar-refractivity contribution in [3.63, 3.8) is 0 Å². The van der Waals surface area contributed by atoms with Crippen molar-refractivity contribution >= 4 is 49.3 Å². The first kappa shape index (κ1) is 34.5. The first-order chi connectivity index (χ1) is 21.6. The van der Waals surface area contributed by atoms with Crippen LogP contribution in [0.25, 0.3) is 60.5 Å². The number of fused-ring (bicyclic) bond motifs is 7. The minimum atomic E-state index is -0.0625. The fraction of sp³-hybridized carbons (Fsp3) is 0.333. The van der Waals surface area contributed by atoms with Gasteiger partial charge in [-0.05, 0) is 76.8 Å². The van der Waals surface area contributed by atoms with Gasteiger partial charge in [0.2, 0.25) is 0 Å². The topological polar surface area (TPSA) is 66.9 Å². The standard InChI is InChI=1S/C37H36NO.C5H9NO.Ir/c1-35(2,3)29-19-23(18-22-10-8-9-11-24(22)29)33-25-12-13-26-28-20-30-31(37(6,7)16-15-36(30,4)5)21-32(28)39-34(26)27(25)14-17-38-33;1-4(6)3-5(2)7;/h8-14,17,19-21H,15-16H2,1-7H3;3H,1-2H3,(H2,6,7);/q-1;;/p-1. The van der Waals surface area contributed by atoms with E-state index in [9.17, 15) is 4.79 Å². The SMILES string of the molecule is CC(=O)/C=C(/C)[NH-].CC(C)(C)c1cc(-c2nccc3c2ccc2c4cc5c(cc4oc32)C(C)(C)CCC5(C)C)[c-]c2ccccc12.[Ir]. The van der Waals surface area contributed by atoms with Crippen LogP contribution < -0.4 is 0 Å². The Morgan fingerprint density at radius 1 is 0.851 bits per heavy atom. The molecule has 245 valence electrons. The van der Waals surface area contributed by atoms with Gasteiger partial charge in [0.1, 0.15) is 11.2 Å². The van der Waals surface area contributed by atoms with Crippen molar-refractivity contribution in [1.82, 2.24) is 4.98 Å². The summed E-state index contributed by atoms with van der Waals surface area (Å²) in [6.07, 6.45) is 5.59. The molecule has 1 aliphatic carbocycles. The Labute approximate surface area is 292 Å². The Balaban J connectivity index is 0.000000491. The molecule has 47 heavy (non-hydrogen) atoms. The van der Waals surface area contributed by atoms with Gasteiger partial charge in [-0.1, -0.05) is 96.7 Å². The molecule has 0 atom stereocenters. The number of carbonyl (C=O) groups excluding carboxylic acids is 1. The van der Waals surface area contributed by atoms with E-state index in [2.05, 4.69) is 115 Å². The number of aromatic nitrogens is 1. The third-order valence-electron chi connectivity index (χ3n) is 9.61. The summed E-state index contributed by atoms with van der Waals surface area (Å²) in [6, 6.07) is 25.8. The second kappa shape index (κ2) is 12.3. The minimum absolute atomic E-state index is 0. The molecule has 0 saturated heterocycles. The molecule has 1 N–H and O–H groups in total. The van der Waals surface area contributed by atoms with Crippen molar-refractivity contribution in [2.75, 3.05) is 0 Å². The molecule has 0 spiro atoms. The maximum absolute atomic E-state index is 10.1. The molecule has 4 nitrogen and oxygen atoms in total. The number of rotatable bonds is 2. The first-order valence-electron chi connectivity index (χ1n) is 16.2. The Bertz CT molecular complexity index is 2190. The molecule has 0 amide bonds. The summed E-state index contributed by atoms with van der Waals surface area (Å²) in [7, 11) is 0. The monoisotopic (exact) mass is 801 g/mol. The van der Waals surface area contributed by atoms with Crippen molar-refractivity contribution in [3.05, 3.63) is 107 Å². The van der Waals surface area contributed by atoms with Crippen LogP contribution in [0.15, 0.2) is 83.1 Å². The fourth-order valence-electron chi connectivity index (χ4n) is 7.05. The van der Waals surface area contributed by atoms with Crippen LogP contribution in [0, 0.1) is 6.07 Å². The van der Waals surface area contributed by atoms with Crippen LogP contribution >= 0.6 is 0 Å². The zero-order chi connectivity index (χ0) is 33.2. The molecule has 7 rings (SSSR count). The Kier molecular flexibility index (Phi) is 9.07. The maximum atomic E-state index is 10.1. The molecule has 0 bridgehead atoms. The van der Waals surface area contributed by atoms with Gasteiger partial charge in [-0.2, -0.15) is 5.70 Å². The summed E-state index contributed by atoms with van der Waals surface area (Å²) in [6.45, 7) is 19.3. The van der Waals surface area contributed by atoms with Crippen LogP contribution in [0.4, 0.5) is 0 Å².